The zero-order valence-corrected chi connectivity index (χ0v) is 22.9. The van der Waals surface area contributed by atoms with Crippen molar-refractivity contribution < 1.29 is 59.0 Å². The van der Waals surface area contributed by atoms with Gasteiger partial charge in [0.15, 0.2) is 0 Å². The van der Waals surface area contributed by atoms with E-state index in [4.69, 9.17) is 9.84 Å². The number of hydrogen-bond acceptors (Lipinski definition) is 11. The zero-order chi connectivity index (χ0) is 31.2. The molecule has 0 aliphatic carbocycles. The predicted octanol–water partition coefficient (Wildman–Crippen LogP) is -0.346. The lowest BCUT2D eigenvalue weighted by molar-refractivity contribution is -0.148. The molecule has 0 spiro atoms. The predicted molar refractivity (Wildman–Crippen MR) is 141 cm³/mol. The van der Waals surface area contributed by atoms with Crippen molar-refractivity contribution in [2.75, 3.05) is 32.8 Å². The van der Waals surface area contributed by atoms with Crippen LogP contribution < -0.4 is 0 Å². The van der Waals surface area contributed by atoms with Gasteiger partial charge in [-0.05, 0) is 25.0 Å². The minimum atomic E-state index is -1.30. The molecule has 1 aliphatic rings. The van der Waals surface area contributed by atoms with Crippen molar-refractivity contribution in [1.29, 1.82) is 0 Å². The Balaban J connectivity index is 2.53. The summed E-state index contributed by atoms with van der Waals surface area (Å²) in [5, 5.41) is 48.2. The molecular weight excluding hydrogens is 560 g/mol. The van der Waals surface area contributed by atoms with E-state index >= 15 is 0 Å². The van der Waals surface area contributed by atoms with Crippen LogP contribution in [0.1, 0.15) is 43.5 Å². The third-order valence-electron chi connectivity index (χ3n) is 6.96. The van der Waals surface area contributed by atoms with Gasteiger partial charge in [0.05, 0.1) is 18.0 Å². The van der Waals surface area contributed by atoms with Gasteiger partial charge < -0.3 is 30.3 Å². The maximum absolute atomic E-state index is 12.2. The summed E-state index contributed by atoms with van der Waals surface area (Å²) in [4.78, 5) is 78.8. The minimum Gasteiger partial charge on any atom is -0.481 e. The smallest absolute Gasteiger partial charge is 0.321 e. The van der Waals surface area contributed by atoms with Crippen LogP contribution >= 0.6 is 0 Å². The summed E-state index contributed by atoms with van der Waals surface area (Å²) in [5.41, 5.74) is 0.873. The Kier molecular flexibility index (Phi) is 13.7. The van der Waals surface area contributed by atoms with Gasteiger partial charge in [0.25, 0.3) is 6.47 Å². The Labute approximate surface area is 241 Å². The molecule has 42 heavy (non-hydrogen) atoms. The maximum atomic E-state index is 12.2. The molecule has 16 nitrogen and oxygen atoms in total. The largest absolute Gasteiger partial charge is 0.481 e. The lowest BCUT2D eigenvalue weighted by Crippen LogP contribution is -2.52. The molecule has 0 unspecified atom stereocenters. The Morgan fingerprint density at radius 3 is 1.52 bits per heavy atom. The first-order valence-electron chi connectivity index (χ1n) is 13.3. The van der Waals surface area contributed by atoms with Gasteiger partial charge in [0, 0.05) is 58.5 Å². The second-order valence-electron chi connectivity index (χ2n) is 9.78. The van der Waals surface area contributed by atoms with Crippen molar-refractivity contribution in [3.63, 3.8) is 0 Å². The van der Waals surface area contributed by atoms with Gasteiger partial charge in [-0.1, -0.05) is 6.07 Å². The molecule has 1 aliphatic heterocycles. The Hall–Kier alpha value is -4.15. The first-order chi connectivity index (χ1) is 19.9. The second-order valence-corrected chi connectivity index (χ2v) is 9.78. The van der Waals surface area contributed by atoms with E-state index in [-0.39, 0.29) is 71.6 Å². The second kappa shape index (κ2) is 17.0. The number of fused-ring (bicyclic) bond motifs is 2. The first kappa shape index (κ1) is 34.1. The lowest BCUT2D eigenvalue weighted by Gasteiger charge is -2.36. The van der Waals surface area contributed by atoms with Crippen LogP contribution in [-0.2, 0) is 46.6 Å². The van der Waals surface area contributed by atoms with Gasteiger partial charge >= 0.3 is 29.8 Å². The molecule has 16 heteroatoms. The van der Waals surface area contributed by atoms with Gasteiger partial charge in [0.1, 0.15) is 18.1 Å². The first-order valence-corrected chi connectivity index (χ1v) is 13.3. The Morgan fingerprint density at radius 1 is 0.714 bits per heavy atom. The summed E-state index contributed by atoms with van der Waals surface area (Å²) in [6, 6.07) is 1.32. The fourth-order valence-corrected chi connectivity index (χ4v) is 4.88. The van der Waals surface area contributed by atoms with Crippen LogP contribution in [0.25, 0.3) is 0 Å². The normalized spacial score (nSPS) is 17.5. The van der Waals surface area contributed by atoms with Crippen molar-refractivity contribution in [3.8, 4) is 0 Å². The van der Waals surface area contributed by atoms with Crippen LogP contribution in [-0.4, -0.2) is 132 Å². The third kappa shape index (κ3) is 11.0. The SMILES string of the molecule is O=COCC[C@@H](C(=O)O)N1CCN([C@@H](CCC(=O)O)C(=O)O)CCN([C@@H](CCC(=O)O)C(=O)O)Cc2cccc(n2)C1. The molecule has 1 aromatic heterocycles. The number of carboxylic acids is 5. The van der Waals surface area contributed by atoms with E-state index in [0.717, 1.165) is 0 Å². The van der Waals surface area contributed by atoms with Crippen LogP contribution in [0.4, 0.5) is 0 Å². The van der Waals surface area contributed by atoms with Crippen LogP contribution in [0.5, 0.6) is 0 Å². The summed E-state index contributed by atoms with van der Waals surface area (Å²) in [5.74, 6) is -6.15. The van der Waals surface area contributed by atoms with Gasteiger partial charge in [-0.15, -0.1) is 0 Å². The monoisotopic (exact) mass is 596 g/mol. The summed E-state index contributed by atoms with van der Waals surface area (Å²) in [7, 11) is 0. The van der Waals surface area contributed by atoms with Crippen LogP contribution in [0.3, 0.4) is 0 Å². The van der Waals surface area contributed by atoms with E-state index in [2.05, 4.69) is 4.98 Å². The minimum absolute atomic E-state index is 0.00217. The topological polar surface area (TPSA) is 235 Å². The molecule has 2 heterocycles. The molecule has 2 bridgehead atoms. The number of rotatable bonds is 16. The number of nitrogens with zero attached hydrogens (tertiary/aromatic N) is 4. The highest BCUT2D eigenvalue weighted by Crippen LogP contribution is 2.18. The van der Waals surface area contributed by atoms with Crippen molar-refractivity contribution in [2.45, 2.75) is 63.3 Å². The fourth-order valence-electron chi connectivity index (χ4n) is 4.88. The molecular formula is C26H36N4O12. The molecule has 0 saturated heterocycles. The van der Waals surface area contributed by atoms with Crippen molar-refractivity contribution in [2.24, 2.45) is 0 Å². The summed E-state index contributed by atoms with van der Waals surface area (Å²) in [6.07, 6.45) is -1.41. The van der Waals surface area contributed by atoms with Crippen molar-refractivity contribution in [3.05, 3.63) is 29.6 Å². The van der Waals surface area contributed by atoms with E-state index in [1.807, 2.05) is 0 Å². The molecule has 0 fully saturated rings. The molecule has 0 radical (unpaired) electrons. The maximum Gasteiger partial charge on any atom is 0.321 e. The standard InChI is InChI=1S/C26H36N4O12/c31-16-42-13-8-21(26(40)41)30-12-10-28(19(24(36)37)4-6-22(32)33)9-11-29(20(25(38)39)5-7-23(34)35)14-17-2-1-3-18(15-30)27-17/h1-3,16,19-21H,4-15H2,(H,32,33)(H,34,35)(H,36,37)(H,38,39)(H,40,41)/t19-,20-,21-/m0/s1. The summed E-state index contributed by atoms with van der Waals surface area (Å²) >= 11 is 0. The molecule has 0 aromatic carbocycles. The summed E-state index contributed by atoms with van der Waals surface area (Å²) in [6.45, 7) is -0.102. The van der Waals surface area contributed by atoms with E-state index < -0.39 is 60.8 Å². The van der Waals surface area contributed by atoms with E-state index in [1.165, 1.54) is 9.80 Å². The number of carbonyl (C=O) groups excluding carboxylic acids is 1. The molecule has 0 saturated carbocycles. The third-order valence-corrected chi connectivity index (χ3v) is 6.96. The number of pyridine rings is 1. The van der Waals surface area contributed by atoms with Gasteiger partial charge in [-0.25, -0.2) is 0 Å². The highest BCUT2D eigenvalue weighted by atomic mass is 16.5. The quantitative estimate of drug-likeness (QED) is 0.121. The van der Waals surface area contributed by atoms with Crippen molar-refractivity contribution in [1.82, 2.24) is 19.7 Å². The molecule has 1 aromatic rings. The Morgan fingerprint density at radius 2 is 1.12 bits per heavy atom. The molecule has 2 rings (SSSR count). The van der Waals surface area contributed by atoms with Crippen molar-refractivity contribution >= 4 is 36.3 Å². The van der Waals surface area contributed by atoms with Gasteiger partial charge in [-0.3, -0.25) is 48.5 Å². The molecule has 3 atom stereocenters. The Bertz CT molecular complexity index is 1120. The average molecular weight is 597 g/mol. The van der Waals surface area contributed by atoms with Gasteiger partial charge in [0.2, 0.25) is 0 Å². The zero-order valence-electron chi connectivity index (χ0n) is 22.9. The number of hydrogen-bond donors (Lipinski definition) is 5. The van der Waals surface area contributed by atoms with Crippen LogP contribution in [0, 0.1) is 0 Å². The molecule has 5 N–H and O–H groups in total. The highest BCUT2D eigenvalue weighted by molar-refractivity contribution is 5.76. The van der Waals surface area contributed by atoms with Crippen LogP contribution in [0.15, 0.2) is 18.2 Å². The van der Waals surface area contributed by atoms with E-state index in [9.17, 15) is 49.2 Å². The van der Waals surface area contributed by atoms with Gasteiger partial charge in [-0.2, -0.15) is 0 Å². The highest BCUT2D eigenvalue weighted by Gasteiger charge is 2.33. The number of aliphatic carboxylic acids is 5. The van der Waals surface area contributed by atoms with E-state index in [1.54, 1.807) is 23.1 Å². The number of ether oxygens (including phenoxy) is 1. The number of carboxylic acid groups (broad SMARTS) is 5. The van der Waals surface area contributed by atoms with E-state index in [0.29, 0.717) is 11.4 Å². The summed E-state index contributed by atoms with van der Waals surface area (Å²) < 4.78 is 4.70. The fraction of sp³-hybridized carbons (Fsp3) is 0.577. The number of carbonyl (C=O) groups is 6. The lowest BCUT2D eigenvalue weighted by atomic mass is 10.1. The average Bonchev–Trinajstić information content (AvgIpc) is 2.90. The van der Waals surface area contributed by atoms with Crippen LogP contribution in [0.2, 0.25) is 0 Å². The number of aromatic nitrogens is 1. The molecule has 0 amide bonds. The molecule has 232 valence electrons.